The number of nitrogens with zero attached hydrogens (tertiary/aromatic N) is 4. The van der Waals surface area contributed by atoms with Gasteiger partial charge in [-0.25, -0.2) is 15.0 Å². The van der Waals surface area contributed by atoms with Crippen molar-refractivity contribution < 1.29 is 27.2 Å². The Morgan fingerprint density at radius 3 is 2.83 bits per heavy atom. The molecule has 12 nitrogen and oxygen atoms in total. The second kappa shape index (κ2) is 11.9. The van der Waals surface area contributed by atoms with Gasteiger partial charge < -0.3 is 20.1 Å². The molecule has 2 fully saturated rings. The molecule has 2 aliphatic heterocycles. The maximum absolute atomic E-state index is 13.8. The summed E-state index contributed by atoms with van der Waals surface area (Å²) < 4.78 is 37.0. The van der Waals surface area contributed by atoms with Crippen molar-refractivity contribution in [3.05, 3.63) is 62.9 Å². The highest BCUT2D eigenvalue weighted by Crippen LogP contribution is 2.39. The van der Waals surface area contributed by atoms with Crippen molar-refractivity contribution in [3.8, 4) is 0 Å². The van der Waals surface area contributed by atoms with Crippen LogP contribution in [0.1, 0.15) is 68.7 Å². The molecular formula is C28H34N6O6S2. The third-order valence-electron chi connectivity index (χ3n) is 8.06. The first-order valence-corrected chi connectivity index (χ1v) is 16.3. The standard InChI is InChI=1S/C28H34N6O6S2/c1-16-19(27-25-17(7-10-39-27)5-6-24(33-25)34-8-3-4-9-34)13-23(41-16)26(36)20-14-30-15-31-28(20)32-18-11-21(35)22(12-18)40-42(37,38)29-2/h5-6,13-15,18,21-22,27,29,35H,3-4,7-12H2,1-2H3,(H,30,31,32)/t18-,21+,22-,27+/m1/s1. The number of aromatic nitrogens is 3. The topological polar surface area (TPSA) is 156 Å². The number of fused-ring (bicyclic) bond motifs is 1. The molecule has 4 atom stereocenters. The highest BCUT2D eigenvalue weighted by molar-refractivity contribution is 7.84. The summed E-state index contributed by atoms with van der Waals surface area (Å²) >= 11 is 1.39. The van der Waals surface area contributed by atoms with E-state index in [0.29, 0.717) is 17.3 Å². The summed E-state index contributed by atoms with van der Waals surface area (Å²) in [5.41, 5.74) is 3.28. The molecule has 0 unspecified atom stereocenters. The Labute approximate surface area is 248 Å². The minimum atomic E-state index is -3.96. The first-order chi connectivity index (χ1) is 20.2. The monoisotopic (exact) mass is 614 g/mol. The molecule has 0 spiro atoms. The number of anilines is 2. The van der Waals surface area contributed by atoms with E-state index < -0.39 is 22.5 Å². The quantitative estimate of drug-likeness (QED) is 0.305. The average Bonchev–Trinajstić information content (AvgIpc) is 3.73. The van der Waals surface area contributed by atoms with Gasteiger partial charge in [0.15, 0.2) is 0 Å². The van der Waals surface area contributed by atoms with E-state index in [1.54, 1.807) is 0 Å². The number of ether oxygens (including phenoxy) is 1. The third kappa shape index (κ3) is 5.92. The Balaban J connectivity index is 1.23. The van der Waals surface area contributed by atoms with Gasteiger partial charge in [-0.3, -0.25) is 8.98 Å². The van der Waals surface area contributed by atoms with Gasteiger partial charge in [0.1, 0.15) is 30.2 Å². The van der Waals surface area contributed by atoms with Gasteiger partial charge in [-0.2, -0.15) is 13.1 Å². The molecule has 0 aromatic carbocycles. The maximum Gasteiger partial charge on any atom is 0.335 e. The normalized spacial score (nSPS) is 24.1. The fourth-order valence-electron chi connectivity index (χ4n) is 5.87. The molecule has 42 heavy (non-hydrogen) atoms. The highest BCUT2D eigenvalue weighted by atomic mass is 32.2. The highest BCUT2D eigenvalue weighted by Gasteiger charge is 2.37. The average molecular weight is 615 g/mol. The van der Waals surface area contributed by atoms with Crippen molar-refractivity contribution in [2.24, 2.45) is 0 Å². The summed E-state index contributed by atoms with van der Waals surface area (Å²) in [5, 5.41) is 13.6. The van der Waals surface area contributed by atoms with Crippen molar-refractivity contribution >= 4 is 39.1 Å². The number of carbonyl (C=O) groups excluding carboxylic acids is 1. The van der Waals surface area contributed by atoms with Gasteiger partial charge in [0.05, 0.1) is 28.8 Å². The predicted molar refractivity (Wildman–Crippen MR) is 157 cm³/mol. The van der Waals surface area contributed by atoms with E-state index in [2.05, 4.69) is 37.0 Å². The van der Waals surface area contributed by atoms with Crippen LogP contribution in [0.2, 0.25) is 0 Å². The Bertz CT molecular complexity index is 1570. The number of carbonyl (C=O) groups is 1. The van der Waals surface area contributed by atoms with E-state index in [0.717, 1.165) is 41.5 Å². The number of ketones is 1. The van der Waals surface area contributed by atoms with Crippen LogP contribution < -0.4 is 14.9 Å². The molecule has 5 heterocycles. The number of aliphatic hydroxyl groups is 1. The number of pyridine rings is 1. The Morgan fingerprint density at radius 2 is 2.05 bits per heavy atom. The molecule has 224 valence electrons. The van der Waals surface area contributed by atoms with Crippen LogP contribution in [0, 0.1) is 6.92 Å². The summed E-state index contributed by atoms with van der Waals surface area (Å²) in [6.07, 6.45) is 4.12. The molecule has 1 aliphatic carbocycles. The number of aryl methyl sites for hydroxylation is 1. The lowest BCUT2D eigenvalue weighted by Crippen LogP contribution is -2.31. The zero-order valence-electron chi connectivity index (χ0n) is 23.4. The number of aliphatic hydroxyl groups excluding tert-OH is 1. The van der Waals surface area contributed by atoms with Crippen LogP contribution in [-0.2, 0) is 25.6 Å². The second-order valence-corrected chi connectivity index (χ2v) is 13.6. The number of hydrogen-bond acceptors (Lipinski definition) is 12. The van der Waals surface area contributed by atoms with Crippen LogP contribution >= 0.6 is 11.3 Å². The zero-order chi connectivity index (χ0) is 29.4. The smallest absolute Gasteiger partial charge is 0.335 e. The molecule has 3 aliphatic rings. The van der Waals surface area contributed by atoms with Gasteiger partial charge in [0.25, 0.3) is 0 Å². The Morgan fingerprint density at radius 1 is 1.24 bits per heavy atom. The summed E-state index contributed by atoms with van der Waals surface area (Å²) in [4.78, 5) is 31.0. The first kappa shape index (κ1) is 29.1. The molecule has 3 aromatic heterocycles. The van der Waals surface area contributed by atoms with Gasteiger partial charge in [-0.1, -0.05) is 6.07 Å². The molecule has 3 N–H and O–H groups in total. The van der Waals surface area contributed by atoms with E-state index in [4.69, 9.17) is 13.9 Å². The SMILES string of the molecule is CNS(=O)(=O)O[C@@H]1C[C@H](Nc2ncncc2C(=O)c2cc([C@@H]3OCCc4ccc(N5CCCC5)nc43)c(C)s2)C[C@@H]1O. The first-order valence-electron chi connectivity index (χ1n) is 14.1. The van der Waals surface area contributed by atoms with E-state index in [1.807, 2.05) is 13.0 Å². The second-order valence-electron chi connectivity index (χ2n) is 10.8. The van der Waals surface area contributed by atoms with Crippen molar-refractivity contribution in [3.63, 3.8) is 0 Å². The van der Waals surface area contributed by atoms with Crippen LogP contribution in [0.3, 0.4) is 0 Å². The van der Waals surface area contributed by atoms with Crippen molar-refractivity contribution in [2.45, 2.75) is 63.4 Å². The summed E-state index contributed by atoms with van der Waals surface area (Å²) in [7, 11) is -2.72. The molecule has 14 heteroatoms. The lowest BCUT2D eigenvalue weighted by Gasteiger charge is -2.27. The lowest BCUT2D eigenvalue weighted by molar-refractivity contribution is 0.0636. The molecule has 6 rings (SSSR count). The van der Waals surface area contributed by atoms with E-state index >= 15 is 0 Å². The number of hydrogen-bond donors (Lipinski definition) is 3. The van der Waals surface area contributed by atoms with Crippen molar-refractivity contribution in [1.29, 1.82) is 0 Å². The van der Waals surface area contributed by atoms with Crippen LogP contribution in [0.4, 0.5) is 11.6 Å². The van der Waals surface area contributed by atoms with Gasteiger partial charge in [-0.15, -0.1) is 11.3 Å². The maximum atomic E-state index is 13.8. The van der Waals surface area contributed by atoms with Gasteiger partial charge in [-0.05, 0) is 56.7 Å². The predicted octanol–water partition coefficient (Wildman–Crippen LogP) is 2.52. The zero-order valence-corrected chi connectivity index (χ0v) is 25.1. The summed E-state index contributed by atoms with van der Waals surface area (Å²) in [6, 6.07) is 5.78. The fraction of sp³-hybridized carbons (Fsp3) is 0.500. The molecule has 0 bridgehead atoms. The third-order valence-corrected chi connectivity index (χ3v) is 10.1. The molecule has 0 amide bonds. The van der Waals surface area contributed by atoms with Crippen LogP contribution in [-0.4, -0.2) is 79.3 Å². The molecular weight excluding hydrogens is 580 g/mol. The number of thiophene rings is 1. The summed E-state index contributed by atoms with van der Waals surface area (Å²) in [6.45, 7) is 4.57. The van der Waals surface area contributed by atoms with Gasteiger partial charge >= 0.3 is 10.3 Å². The molecule has 0 radical (unpaired) electrons. The van der Waals surface area contributed by atoms with E-state index in [-0.39, 0.29) is 36.3 Å². The molecule has 3 aromatic rings. The molecule has 1 saturated heterocycles. The van der Waals surface area contributed by atoms with Crippen molar-refractivity contribution in [1.82, 2.24) is 19.7 Å². The Hall–Kier alpha value is -3.01. The lowest BCUT2D eigenvalue weighted by atomic mass is 9.97. The van der Waals surface area contributed by atoms with E-state index in [9.17, 15) is 18.3 Å². The summed E-state index contributed by atoms with van der Waals surface area (Å²) in [5.74, 6) is 1.04. The number of nitrogens with one attached hydrogen (secondary N) is 2. The fourth-order valence-corrected chi connectivity index (χ4v) is 7.50. The van der Waals surface area contributed by atoms with Gasteiger partial charge in [0.2, 0.25) is 5.78 Å². The minimum Gasteiger partial charge on any atom is -0.390 e. The van der Waals surface area contributed by atoms with Crippen LogP contribution in [0.25, 0.3) is 0 Å². The van der Waals surface area contributed by atoms with Crippen molar-refractivity contribution in [2.75, 3.05) is 37.0 Å². The largest absolute Gasteiger partial charge is 0.390 e. The molecule has 1 saturated carbocycles. The van der Waals surface area contributed by atoms with E-state index in [1.165, 1.54) is 49.3 Å². The Kier molecular flexibility index (Phi) is 8.26. The van der Waals surface area contributed by atoms with Gasteiger partial charge in [0, 0.05) is 42.8 Å². The minimum absolute atomic E-state index is 0.215. The number of rotatable bonds is 9. The van der Waals surface area contributed by atoms with Crippen LogP contribution in [0.15, 0.2) is 30.7 Å². The van der Waals surface area contributed by atoms with Crippen LogP contribution in [0.5, 0.6) is 0 Å².